The number of hydrogen-bond donors (Lipinski definition) is 1. The van der Waals surface area contributed by atoms with E-state index in [2.05, 4.69) is 21.4 Å². The zero-order valence-corrected chi connectivity index (χ0v) is 12.1. The van der Waals surface area contributed by atoms with E-state index in [1.807, 2.05) is 24.6 Å². The van der Waals surface area contributed by atoms with Gasteiger partial charge in [-0.1, -0.05) is 6.07 Å². The largest absolute Gasteiger partial charge is 0.355 e. The fourth-order valence-electron chi connectivity index (χ4n) is 1.83. The third-order valence-electron chi connectivity index (χ3n) is 2.87. The summed E-state index contributed by atoms with van der Waals surface area (Å²) in [6.07, 6.45) is 1.27. The van der Waals surface area contributed by atoms with Gasteiger partial charge in [-0.2, -0.15) is 0 Å². The number of anilines is 1. The lowest BCUT2D eigenvalue weighted by molar-refractivity contribution is -0.380. The Morgan fingerprint density at radius 2 is 2.25 bits per heavy atom. The molecule has 0 amide bonds. The third-order valence-corrected chi connectivity index (χ3v) is 4.54. The van der Waals surface area contributed by atoms with Gasteiger partial charge < -0.3 is 5.32 Å². The minimum Gasteiger partial charge on any atom is -0.355 e. The summed E-state index contributed by atoms with van der Waals surface area (Å²) in [6, 6.07) is 6.07. The number of rotatable bonds is 4. The average Bonchev–Trinajstić information content (AvgIpc) is 3.05. The molecule has 20 heavy (non-hydrogen) atoms. The number of thiazole rings is 2. The van der Waals surface area contributed by atoms with Crippen molar-refractivity contribution < 1.29 is 4.92 Å². The quantitative estimate of drug-likeness (QED) is 0.585. The topological polar surface area (TPSA) is 81.0 Å². The first-order valence-electron chi connectivity index (χ1n) is 5.83. The molecular formula is C12H10N4O2S2. The van der Waals surface area contributed by atoms with Crippen LogP contribution in [0.25, 0.3) is 10.2 Å². The van der Waals surface area contributed by atoms with Crippen LogP contribution in [0.5, 0.6) is 0 Å². The average molecular weight is 306 g/mol. The van der Waals surface area contributed by atoms with Crippen molar-refractivity contribution in [2.24, 2.45) is 0 Å². The molecule has 3 aromatic rings. The van der Waals surface area contributed by atoms with Crippen molar-refractivity contribution in [2.45, 2.75) is 13.0 Å². The van der Waals surface area contributed by atoms with Crippen LogP contribution < -0.4 is 5.32 Å². The molecule has 0 fully saturated rings. The Balaban J connectivity index is 1.80. The van der Waals surface area contributed by atoms with Crippen molar-refractivity contribution >= 4 is 43.0 Å². The number of nitrogens with zero attached hydrogens (tertiary/aromatic N) is 3. The Morgan fingerprint density at radius 1 is 1.40 bits per heavy atom. The van der Waals surface area contributed by atoms with Crippen molar-refractivity contribution in [1.29, 1.82) is 0 Å². The molecule has 0 unspecified atom stereocenters. The molecule has 2 heterocycles. The molecule has 0 saturated carbocycles. The molecule has 1 N–H and O–H groups in total. The van der Waals surface area contributed by atoms with Gasteiger partial charge in [0.2, 0.25) is 0 Å². The molecule has 0 bridgehead atoms. The van der Waals surface area contributed by atoms with Crippen molar-refractivity contribution in [2.75, 3.05) is 5.32 Å². The normalized spacial score (nSPS) is 12.4. The van der Waals surface area contributed by atoms with E-state index in [1.165, 1.54) is 6.20 Å². The second kappa shape index (κ2) is 5.14. The zero-order chi connectivity index (χ0) is 14.1. The standard InChI is InChI=1S/C12H10N4O2S2/c1-7(15-12-13-5-11(20-12)16(17)18)8-2-3-9-10(4-8)19-6-14-9/h2-7H,1H3,(H,13,15)/t7-/m1/s1. The van der Waals surface area contributed by atoms with E-state index in [9.17, 15) is 10.1 Å². The van der Waals surface area contributed by atoms with Crippen LogP contribution in [0.3, 0.4) is 0 Å². The van der Waals surface area contributed by atoms with E-state index in [4.69, 9.17) is 0 Å². The van der Waals surface area contributed by atoms with Crippen molar-refractivity contribution in [3.05, 3.63) is 45.6 Å². The van der Waals surface area contributed by atoms with Gasteiger partial charge in [0.25, 0.3) is 0 Å². The molecule has 8 heteroatoms. The molecule has 0 aliphatic heterocycles. The molecule has 0 spiro atoms. The molecule has 1 aromatic carbocycles. The summed E-state index contributed by atoms with van der Waals surface area (Å²) in [7, 11) is 0. The second-order valence-electron chi connectivity index (χ2n) is 4.21. The zero-order valence-electron chi connectivity index (χ0n) is 10.4. The summed E-state index contributed by atoms with van der Waals surface area (Å²) in [4.78, 5) is 18.4. The summed E-state index contributed by atoms with van der Waals surface area (Å²) < 4.78 is 1.13. The lowest BCUT2D eigenvalue weighted by atomic mass is 10.1. The smallest absolute Gasteiger partial charge is 0.345 e. The Labute approximate surface area is 122 Å². The van der Waals surface area contributed by atoms with Crippen LogP contribution in [0.1, 0.15) is 18.5 Å². The SMILES string of the molecule is C[C@@H](Nc1ncc([N+](=O)[O-])s1)c1ccc2ncsc2c1. The van der Waals surface area contributed by atoms with Gasteiger partial charge in [0.05, 0.1) is 26.7 Å². The Bertz CT molecular complexity index is 768. The van der Waals surface area contributed by atoms with Gasteiger partial charge in [-0.05, 0) is 36.0 Å². The van der Waals surface area contributed by atoms with E-state index >= 15 is 0 Å². The number of fused-ring (bicyclic) bond motifs is 1. The maximum atomic E-state index is 10.6. The minimum absolute atomic E-state index is 0.0206. The highest BCUT2D eigenvalue weighted by atomic mass is 32.1. The molecule has 1 atom stereocenters. The van der Waals surface area contributed by atoms with Crippen LogP contribution in [-0.4, -0.2) is 14.9 Å². The summed E-state index contributed by atoms with van der Waals surface area (Å²) in [5.41, 5.74) is 3.90. The predicted molar refractivity (Wildman–Crippen MR) is 80.4 cm³/mol. The highest BCUT2D eigenvalue weighted by molar-refractivity contribution is 7.18. The highest BCUT2D eigenvalue weighted by Gasteiger charge is 2.14. The number of nitrogens with one attached hydrogen (secondary N) is 1. The van der Waals surface area contributed by atoms with Gasteiger partial charge in [0.15, 0.2) is 5.13 Å². The van der Waals surface area contributed by atoms with E-state index in [0.29, 0.717) is 5.13 Å². The maximum Gasteiger partial charge on any atom is 0.345 e. The van der Waals surface area contributed by atoms with Gasteiger partial charge in [0, 0.05) is 0 Å². The third kappa shape index (κ3) is 2.47. The Hall–Kier alpha value is -2.06. The molecule has 0 radical (unpaired) electrons. The van der Waals surface area contributed by atoms with E-state index < -0.39 is 4.92 Å². The van der Waals surface area contributed by atoms with Gasteiger partial charge >= 0.3 is 5.00 Å². The Kier molecular flexibility index (Phi) is 3.33. The van der Waals surface area contributed by atoms with E-state index in [-0.39, 0.29) is 11.0 Å². The molecule has 6 nitrogen and oxygen atoms in total. The van der Waals surface area contributed by atoms with Gasteiger partial charge in [-0.3, -0.25) is 10.1 Å². The number of aromatic nitrogens is 2. The van der Waals surface area contributed by atoms with Crippen LogP contribution in [0.4, 0.5) is 10.1 Å². The highest BCUT2D eigenvalue weighted by Crippen LogP contribution is 2.29. The van der Waals surface area contributed by atoms with Crippen molar-refractivity contribution in [3.8, 4) is 0 Å². The number of nitro groups is 1. The van der Waals surface area contributed by atoms with Crippen LogP contribution in [0.15, 0.2) is 29.9 Å². The van der Waals surface area contributed by atoms with Crippen LogP contribution >= 0.6 is 22.7 Å². The van der Waals surface area contributed by atoms with E-state index in [0.717, 1.165) is 27.1 Å². The minimum atomic E-state index is -0.434. The van der Waals surface area contributed by atoms with Gasteiger partial charge in [-0.15, -0.1) is 11.3 Å². The number of benzene rings is 1. The molecular weight excluding hydrogens is 296 g/mol. The maximum absolute atomic E-state index is 10.6. The molecule has 102 valence electrons. The van der Waals surface area contributed by atoms with Crippen molar-refractivity contribution in [3.63, 3.8) is 0 Å². The van der Waals surface area contributed by atoms with Crippen LogP contribution in [-0.2, 0) is 0 Å². The van der Waals surface area contributed by atoms with Crippen molar-refractivity contribution in [1.82, 2.24) is 9.97 Å². The summed E-state index contributed by atoms with van der Waals surface area (Å²) in [6.45, 7) is 2.00. The molecule has 0 aliphatic rings. The first-order valence-corrected chi connectivity index (χ1v) is 7.53. The van der Waals surface area contributed by atoms with Crippen LogP contribution in [0, 0.1) is 10.1 Å². The first-order chi connectivity index (χ1) is 9.63. The van der Waals surface area contributed by atoms with E-state index in [1.54, 1.807) is 11.3 Å². The fourth-order valence-corrected chi connectivity index (χ4v) is 3.27. The molecule has 3 rings (SSSR count). The van der Waals surface area contributed by atoms with Gasteiger partial charge in [0.1, 0.15) is 6.20 Å². The molecule has 2 aromatic heterocycles. The second-order valence-corrected chi connectivity index (χ2v) is 6.10. The van der Waals surface area contributed by atoms with Crippen LogP contribution in [0.2, 0.25) is 0 Å². The lowest BCUT2D eigenvalue weighted by Gasteiger charge is -2.12. The lowest BCUT2D eigenvalue weighted by Crippen LogP contribution is -2.05. The molecule has 0 saturated heterocycles. The summed E-state index contributed by atoms with van der Waals surface area (Å²) in [5.74, 6) is 0. The fraction of sp³-hybridized carbons (Fsp3) is 0.167. The summed E-state index contributed by atoms with van der Waals surface area (Å²) in [5, 5.41) is 14.4. The Morgan fingerprint density at radius 3 is 3.00 bits per heavy atom. The molecule has 0 aliphatic carbocycles. The monoisotopic (exact) mass is 306 g/mol. The first kappa shape index (κ1) is 12.9. The number of hydrogen-bond acceptors (Lipinski definition) is 7. The predicted octanol–water partition coefficient (Wildman–Crippen LogP) is 3.83. The summed E-state index contributed by atoms with van der Waals surface area (Å²) >= 11 is 2.63. The van der Waals surface area contributed by atoms with Gasteiger partial charge in [-0.25, -0.2) is 9.97 Å².